The average molecular weight is 450 g/mol. The number of nitrogens with zero attached hydrogens (tertiary/aromatic N) is 2. The number of anilines is 1. The molecule has 1 saturated heterocycles. The largest absolute Gasteiger partial charge is 0.496 e. The highest BCUT2D eigenvalue weighted by atomic mass is 16.5. The number of nitrogens with one attached hydrogen (secondary N) is 1. The van der Waals surface area contributed by atoms with Crippen molar-refractivity contribution in [3.05, 3.63) is 59.2 Å². The topological polar surface area (TPSA) is 79.0 Å². The predicted molar refractivity (Wildman–Crippen MR) is 126 cm³/mol. The van der Waals surface area contributed by atoms with Crippen LogP contribution in [-0.2, 0) is 22.6 Å². The number of ether oxygens (including phenoxy) is 1. The van der Waals surface area contributed by atoms with Crippen LogP contribution < -0.4 is 10.1 Å². The molecule has 0 bridgehead atoms. The zero-order valence-electron chi connectivity index (χ0n) is 19.3. The number of para-hydroxylation sites is 1. The first-order chi connectivity index (χ1) is 16.0. The number of likely N-dealkylation sites (tertiary alicyclic amines) is 1. The van der Waals surface area contributed by atoms with Crippen LogP contribution >= 0.6 is 0 Å². The molecule has 0 aromatic heterocycles. The lowest BCUT2D eigenvalue weighted by molar-refractivity contribution is -0.137. The summed E-state index contributed by atoms with van der Waals surface area (Å²) in [5.41, 5.74) is 3.11. The van der Waals surface area contributed by atoms with E-state index in [0.717, 1.165) is 43.5 Å². The Morgan fingerprint density at radius 3 is 2.52 bits per heavy atom. The third kappa shape index (κ3) is 4.87. The van der Waals surface area contributed by atoms with Crippen LogP contribution in [-0.4, -0.2) is 53.8 Å². The average Bonchev–Trinajstić information content (AvgIpc) is 2.87. The first kappa shape index (κ1) is 22.8. The molecule has 0 radical (unpaired) electrons. The summed E-state index contributed by atoms with van der Waals surface area (Å²) in [5, 5.41) is 2.88. The summed E-state index contributed by atoms with van der Waals surface area (Å²) in [5.74, 6) is 0.204. The molecule has 7 nitrogen and oxygen atoms in total. The maximum Gasteiger partial charge on any atom is 0.258 e. The summed E-state index contributed by atoms with van der Waals surface area (Å²) in [7, 11) is 1.54. The number of amides is 3. The molecule has 0 aliphatic carbocycles. The molecule has 1 N–H and O–H groups in total. The fourth-order valence-electron chi connectivity index (χ4n) is 4.65. The second-order valence-corrected chi connectivity index (χ2v) is 8.62. The van der Waals surface area contributed by atoms with Crippen LogP contribution in [0.4, 0.5) is 5.69 Å². The van der Waals surface area contributed by atoms with Crippen LogP contribution in [0.15, 0.2) is 42.5 Å². The van der Waals surface area contributed by atoms with Gasteiger partial charge < -0.3 is 19.9 Å². The molecule has 2 aromatic carbocycles. The summed E-state index contributed by atoms with van der Waals surface area (Å²) < 4.78 is 5.42. The van der Waals surface area contributed by atoms with Crippen LogP contribution in [0.2, 0.25) is 0 Å². The van der Waals surface area contributed by atoms with E-state index >= 15 is 0 Å². The van der Waals surface area contributed by atoms with E-state index in [1.165, 1.54) is 7.11 Å². The van der Waals surface area contributed by atoms with Crippen molar-refractivity contribution in [2.75, 3.05) is 25.5 Å². The van der Waals surface area contributed by atoms with Gasteiger partial charge in [-0.2, -0.15) is 0 Å². The van der Waals surface area contributed by atoms with E-state index in [1.54, 1.807) is 30.0 Å². The van der Waals surface area contributed by atoms with E-state index < -0.39 is 6.04 Å². The second-order valence-electron chi connectivity index (χ2n) is 8.62. The van der Waals surface area contributed by atoms with Gasteiger partial charge in [0.25, 0.3) is 5.91 Å². The van der Waals surface area contributed by atoms with E-state index in [2.05, 4.69) is 5.32 Å². The molecule has 3 amide bonds. The molecule has 2 aliphatic rings. The molecule has 0 unspecified atom stereocenters. The van der Waals surface area contributed by atoms with E-state index in [0.29, 0.717) is 36.4 Å². The molecule has 7 heteroatoms. The lowest BCUT2D eigenvalue weighted by Crippen LogP contribution is -2.54. The van der Waals surface area contributed by atoms with E-state index in [9.17, 15) is 14.4 Å². The molecular formula is C26H31N3O4. The van der Waals surface area contributed by atoms with Crippen molar-refractivity contribution in [3.63, 3.8) is 0 Å². The highest BCUT2D eigenvalue weighted by molar-refractivity contribution is 6.00. The first-order valence-electron chi connectivity index (χ1n) is 11.7. The predicted octanol–water partition coefficient (Wildman–Crippen LogP) is 3.62. The number of carbonyl (C=O) groups is 3. The molecule has 0 saturated carbocycles. The standard InChI is InChI=1S/C26H31N3O4/c1-3-24(30)27-20-12-11-18-16-22(26(32)28-13-7-4-8-14-28)29(17-19(18)15-20)25(31)21-9-5-6-10-23(21)33-2/h5-6,9-12,15,22H,3-4,7-8,13-14,16-17H2,1-2H3,(H,27,30)/t22-/m1/s1. The molecular weight excluding hydrogens is 418 g/mol. The number of carbonyl (C=O) groups excluding carboxylic acids is 3. The minimum Gasteiger partial charge on any atom is -0.496 e. The van der Waals surface area contributed by atoms with Crippen molar-refractivity contribution in [1.29, 1.82) is 0 Å². The fraction of sp³-hybridized carbons (Fsp3) is 0.423. The molecule has 2 aromatic rings. The van der Waals surface area contributed by atoms with Gasteiger partial charge in [-0.15, -0.1) is 0 Å². The molecule has 174 valence electrons. The first-order valence-corrected chi connectivity index (χ1v) is 11.7. The molecule has 4 rings (SSSR count). The summed E-state index contributed by atoms with van der Waals surface area (Å²) in [6, 6.07) is 12.3. The van der Waals surface area contributed by atoms with Crippen LogP contribution in [0.3, 0.4) is 0 Å². The number of hydrogen-bond donors (Lipinski definition) is 1. The Morgan fingerprint density at radius 1 is 1.03 bits per heavy atom. The summed E-state index contributed by atoms with van der Waals surface area (Å²) in [6.45, 7) is 3.58. The van der Waals surface area contributed by atoms with Crippen molar-refractivity contribution in [2.45, 2.75) is 51.6 Å². The number of benzene rings is 2. The fourth-order valence-corrected chi connectivity index (χ4v) is 4.65. The van der Waals surface area contributed by atoms with Gasteiger partial charge in [-0.1, -0.05) is 25.1 Å². The Hall–Kier alpha value is -3.35. The Bertz CT molecular complexity index is 1050. The monoisotopic (exact) mass is 449 g/mol. The maximum absolute atomic E-state index is 13.7. The number of fused-ring (bicyclic) bond motifs is 1. The van der Waals surface area contributed by atoms with Crippen molar-refractivity contribution < 1.29 is 19.1 Å². The summed E-state index contributed by atoms with van der Waals surface area (Å²) in [6.07, 6.45) is 3.97. The smallest absolute Gasteiger partial charge is 0.258 e. The lowest BCUT2D eigenvalue weighted by atomic mass is 9.91. The second kappa shape index (κ2) is 10.1. The van der Waals surface area contributed by atoms with Gasteiger partial charge in [-0.3, -0.25) is 14.4 Å². The van der Waals surface area contributed by atoms with Crippen molar-refractivity contribution in [2.24, 2.45) is 0 Å². The van der Waals surface area contributed by atoms with Gasteiger partial charge in [0.1, 0.15) is 11.8 Å². The Balaban J connectivity index is 1.68. The van der Waals surface area contributed by atoms with Gasteiger partial charge in [-0.25, -0.2) is 0 Å². The van der Waals surface area contributed by atoms with Crippen LogP contribution in [0, 0.1) is 0 Å². The van der Waals surface area contributed by atoms with Gasteiger partial charge in [0, 0.05) is 38.2 Å². The number of methoxy groups -OCH3 is 1. The third-order valence-electron chi connectivity index (χ3n) is 6.49. The quantitative estimate of drug-likeness (QED) is 0.756. The van der Waals surface area contributed by atoms with E-state index in [1.807, 2.05) is 29.2 Å². The molecule has 33 heavy (non-hydrogen) atoms. The zero-order chi connectivity index (χ0) is 23.4. The lowest BCUT2D eigenvalue weighted by Gasteiger charge is -2.40. The van der Waals surface area contributed by atoms with Gasteiger partial charge in [0.05, 0.1) is 12.7 Å². The van der Waals surface area contributed by atoms with Gasteiger partial charge in [0.15, 0.2) is 0 Å². The molecule has 2 aliphatic heterocycles. The maximum atomic E-state index is 13.7. The molecule has 1 fully saturated rings. The van der Waals surface area contributed by atoms with Gasteiger partial charge >= 0.3 is 0 Å². The zero-order valence-corrected chi connectivity index (χ0v) is 19.3. The number of hydrogen-bond acceptors (Lipinski definition) is 4. The minimum atomic E-state index is -0.566. The van der Waals surface area contributed by atoms with Crippen molar-refractivity contribution in [1.82, 2.24) is 9.80 Å². The Morgan fingerprint density at radius 2 is 1.79 bits per heavy atom. The molecule has 2 heterocycles. The van der Waals surface area contributed by atoms with Crippen molar-refractivity contribution in [3.8, 4) is 5.75 Å². The summed E-state index contributed by atoms with van der Waals surface area (Å²) in [4.78, 5) is 42.7. The normalized spacial score (nSPS) is 17.8. The van der Waals surface area contributed by atoms with Crippen LogP contribution in [0.1, 0.15) is 54.1 Å². The highest BCUT2D eigenvalue weighted by Gasteiger charge is 2.38. The minimum absolute atomic E-state index is 0.00644. The molecule has 0 spiro atoms. The van der Waals surface area contributed by atoms with Gasteiger partial charge in [-0.05, 0) is 54.7 Å². The van der Waals surface area contributed by atoms with Crippen LogP contribution in [0.25, 0.3) is 0 Å². The van der Waals surface area contributed by atoms with E-state index in [-0.39, 0.29) is 17.7 Å². The number of rotatable bonds is 5. The third-order valence-corrected chi connectivity index (χ3v) is 6.49. The van der Waals surface area contributed by atoms with Crippen molar-refractivity contribution >= 4 is 23.4 Å². The van der Waals surface area contributed by atoms with Gasteiger partial charge in [0.2, 0.25) is 11.8 Å². The van der Waals surface area contributed by atoms with Crippen LogP contribution in [0.5, 0.6) is 5.75 Å². The Labute approximate surface area is 194 Å². The Kier molecular flexibility index (Phi) is 6.96. The summed E-state index contributed by atoms with van der Waals surface area (Å²) >= 11 is 0. The molecule has 1 atom stereocenters. The SMILES string of the molecule is CCC(=O)Nc1ccc2c(c1)CN(C(=O)c1ccccc1OC)[C@@H](C(=O)N1CCCCC1)C2. The van der Waals surface area contributed by atoms with E-state index in [4.69, 9.17) is 4.74 Å². The number of piperidine rings is 1. The highest BCUT2D eigenvalue weighted by Crippen LogP contribution is 2.31.